The molecule has 4 aromatic carbocycles. The van der Waals surface area contributed by atoms with E-state index >= 15 is 0 Å². The molecule has 0 saturated carbocycles. The second-order valence-corrected chi connectivity index (χ2v) is 9.71. The van der Waals surface area contributed by atoms with Gasteiger partial charge in [0, 0.05) is 12.1 Å². The second kappa shape index (κ2) is 13.0. The molecule has 8 nitrogen and oxygen atoms in total. The summed E-state index contributed by atoms with van der Waals surface area (Å²) < 4.78 is 58.5. The highest BCUT2D eigenvalue weighted by Crippen LogP contribution is 2.24. The molecular formula is C29H24F3N3O5S. The van der Waals surface area contributed by atoms with Gasteiger partial charge in [-0.15, -0.1) is 0 Å². The van der Waals surface area contributed by atoms with Crippen LogP contribution in [0.4, 0.5) is 18.9 Å². The predicted molar refractivity (Wildman–Crippen MR) is 149 cm³/mol. The van der Waals surface area contributed by atoms with Gasteiger partial charge in [0.15, 0.2) is 0 Å². The van der Waals surface area contributed by atoms with Crippen molar-refractivity contribution in [2.75, 3.05) is 11.8 Å². The standard InChI is InChI=1S/C27H23N3O3S.C2HF3O2/c1-32-21-12-14-24(15-13-21)34(31)30-20-9-16-25-26(18-20)29-27(28-25)17-19-7-10-23(11-8-19)33-22-5-3-2-4-6-22;3-2(4,5)1(6)7/h2-16,18,30H,17H2,1H3,(H,28,29);(H,6,7). The summed E-state index contributed by atoms with van der Waals surface area (Å²) in [6.07, 6.45) is -4.42. The maximum absolute atomic E-state index is 12.7. The lowest BCUT2D eigenvalue weighted by Gasteiger charge is -2.07. The van der Waals surface area contributed by atoms with Crippen molar-refractivity contribution in [3.63, 3.8) is 0 Å². The average molecular weight is 584 g/mol. The number of aromatic nitrogens is 2. The number of H-pyrrole nitrogens is 1. The third-order valence-corrected chi connectivity index (χ3v) is 6.65. The van der Waals surface area contributed by atoms with Crippen LogP contribution in [-0.4, -0.2) is 38.5 Å². The molecule has 0 saturated heterocycles. The Balaban J connectivity index is 0.000000493. The molecule has 0 bridgehead atoms. The molecule has 12 heteroatoms. The molecule has 0 spiro atoms. The first-order valence-electron chi connectivity index (χ1n) is 12.0. The molecule has 5 rings (SSSR count). The number of hydrogen-bond acceptors (Lipinski definition) is 5. The first-order chi connectivity index (χ1) is 19.6. The topological polar surface area (TPSA) is 114 Å². The molecule has 1 unspecified atom stereocenters. The summed E-state index contributed by atoms with van der Waals surface area (Å²) in [4.78, 5) is 17.6. The van der Waals surface area contributed by atoms with Gasteiger partial charge in [0.05, 0.1) is 23.0 Å². The molecule has 3 N–H and O–H groups in total. The molecule has 41 heavy (non-hydrogen) atoms. The van der Waals surface area contributed by atoms with Crippen molar-refractivity contribution in [2.45, 2.75) is 17.5 Å². The molecule has 0 aliphatic carbocycles. The fraction of sp³-hybridized carbons (Fsp3) is 0.103. The number of hydrogen-bond donors (Lipinski definition) is 3. The highest BCUT2D eigenvalue weighted by Gasteiger charge is 2.38. The minimum absolute atomic E-state index is 0.667. The number of rotatable bonds is 8. The van der Waals surface area contributed by atoms with E-state index in [1.165, 1.54) is 0 Å². The zero-order chi connectivity index (χ0) is 29.4. The summed E-state index contributed by atoms with van der Waals surface area (Å²) in [5.41, 5.74) is 3.62. The van der Waals surface area contributed by atoms with Crippen LogP contribution in [0.5, 0.6) is 17.2 Å². The number of aliphatic carboxylic acids is 1. The van der Waals surface area contributed by atoms with Crippen molar-refractivity contribution >= 4 is 33.7 Å². The maximum Gasteiger partial charge on any atom is 0.490 e. The Morgan fingerprint density at radius 2 is 1.54 bits per heavy atom. The van der Waals surface area contributed by atoms with Gasteiger partial charge >= 0.3 is 12.1 Å². The Hall–Kier alpha value is -4.84. The van der Waals surface area contributed by atoms with Gasteiger partial charge in [0.2, 0.25) is 0 Å². The fourth-order valence-electron chi connectivity index (χ4n) is 3.57. The smallest absolute Gasteiger partial charge is 0.490 e. The molecule has 0 radical (unpaired) electrons. The molecular weight excluding hydrogens is 559 g/mol. The van der Waals surface area contributed by atoms with Gasteiger partial charge in [-0.05, 0) is 72.3 Å². The fourth-order valence-corrected chi connectivity index (χ4v) is 4.41. The van der Waals surface area contributed by atoms with Crippen LogP contribution >= 0.6 is 0 Å². The number of carbonyl (C=O) groups is 1. The number of fused-ring (bicyclic) bond motifs is 1. The number of aromatic amines is 1. The van der Waals surface area contributed by atoms with E-state index in [2.05, 4.69) is 9.71 Å². The van der Waals surface area contributed by atoms with E-state index in [9.17, 15) is 17.4 Å². The molecule has 1 atom stereocenters. The third kappa shape index (κ3) is 8.32. The van der Waals surface area contributed by atoms with Crippen LogP contribution in [0.2, 0.25) is 0 Å². The molecule has 5 aromatic rings. The highest BCUT2D eigenvalue weighted by atomic mass is 32.2. The van der Waals surface area contributed by atoms with Crippen molar-refractivity contribution in [2.24, 2.45) is 0 Å². The van der Waals surface area contributed by atoms with E-state index in [1.54, 1.807) is 31.4 Å². The van der Waals surface area contributed by atoms with Gasteiger partial charge in [-0.25, -0.2) is 14.0 Å². The molecule has 0 aliphatic heterocycles. The number of halogens is 3. The van der Waals surface area contributed by atoms with Crippen molar-refractivity contribution in [1.82, 2.24) is 9.97 Å². The number of nitrogens with zero attached hydrogens (tertiary/aromatic N) is 1. The van der Waals surface area contributed by atoms with Crippen LogP contribution in [0.3, 0.4) is 0 Å². The Labute approximate surface area is 235 Å². The Morgan fingerprint density at radius 3 is 2.15 bits per heavy atom. The number of benzene rings is 4. The predicted octanol–water partition coefficient (Wildman–Crippen LogP) is 6.72. The molecule has 0 fully saturated rings. The number of nitrogens with one attached hydrogen (secondary N) is 2. The summed E-state index contributed by atoms with van der Waals surface area (Å²) in [7, 11) is 0.224. The first-order valence-corrected chi connectivity index (χ1v) is 13.2. The van der Waals surface area contributed by atoms with E-state index in [1.807, 2.05) is 72.8 Å². The average Bonchev–Trinajstić information content (AvgIpc) is 3.36. The molecule has 1 aromatic heterocycles. The quantitative estimate of drug-likeness (QED) is 0.187. The van der Waals surface area contributed by atoms with Crippen LogP contribution < -0.4 is 14.2 Å². The molecule has 1 heterocycles. The van der Waals surface area contributed by atoms with E-state index in [0.29, 0.717) is 11.3 Å². The van der Waals surface area contributed by atoms with Gasteiger partial charge in [-0.2, -0.15) is 13.2 Å². The number of carboxylic acid groups (broad SMARTS) is 1. The molecule has 0 amide bonds. The SMILES string of the molecule is COc1ccc(S(=O)Nc2ccc3nc(Cc4ccc(Oc5ccccc5)cc4)[nH]c3c2)cc1.O=C(O)C(F)(F)F. The van der Waals surface area contributed by atoms with E-state index < -0.39 is 23.1 Å². The summed E-state index contributed by atoms with van der Waals surface area (Å²) >= 11 is 0. The molecule has 0 aliphatic rings. The van der Waals surface area contributed by atoms with Crippen molar-refractivity contribution in [1.29, 1.82) is 0 Å². The monoisotopic (exact) mass is 583 g/mol. The first kappa shape index (κ1) is 29.2. The van der Waals surface area contributed by atoms with E-state index in [0.717, 1.165) is 45.4 Å². The van der Waals surface area contributed by atoms with Crippen molar-refractivity contribution < 1.29 is 36.8 Å². The Bertz CT molecular complexity index is 1620. The number of para-hydroxylation sites is 1. The maximum atomic E-state index is 12.7. The largest absolute Gasteiger partial charge is 0.497 e. The Kier molecular flexibility index (Phi) is 9.25. The third-order valence-electron chi connectivity index (χ3n) is 5.53. The summed E-state index contributed by atoms with van der Waals surface area (Å²) in [6.45, 7) is 0. The lowest BCUT2D eigenvalue weighted by Crippen LogP contribution is -2.21. The van der Waals surface area contributed by atoms with E-state index in [-0.39, 0.29) is 0 Å². The van der Waals surface area contributed by atoms with Crippen molar-refractivity contribution in [3.05, 3.63) is 108 Å². The van der Waals surface area contributed by atoms with Gasteiger partial charge in [-0.1, -0.05) is 30.3 Å². The zero-order valence-corrected chi connectivity index (χ0v) is 22.3. The number of imidazole rings is 1. The van der Waals surface area contributed by atoms with Crippen molar-refractivity contribution in [3.8, 4) is 17.2 Å². The van der Waals surface area contributed by atoms with Gasteiger partial charge in [-0.3, -0.25) is 0 Å². The van der Waals surface area contributed by atoms with Gasteiger partial charge in [0.25, 0.3) is 0 Å². The summed E-state index contributed by atoms with van der Waals surface area (Å²) in [5, 5.41) is 7.12. The highest BCUT2D eigenvalue weighted by molar-refractivity contribution is 7.86. The van der Waals surface area contributed by atoms with Crippen LogP contribution in [0.25, 0.3) is 11.0 Å². The summed E-state index contributed by atoms with van der Waals surface area (Å²) in [5.74, 6) is 0.433. The normalized spacial score (nSPS) is 11.7. The number of ether oxygens (including phenoxy) is 2. The zero-order valence-electron chi connectivity index (χ0n) is 21.5. The Morgan fingerprint density at radius 1 is 0.927 bits per heavy atom. The van der Waals surface area contributed by atoms with Gasteiger partial charge < -0.3 is 24.3 Å². The lowest BCUT2D eigenvalue weighted by molar-refractivity contribution is -0.192. The number of anilines is 1. The van der Waals surface area contributed by atoms with E-state index in [4.69, 9.17) is 24.4 Å². The number of methoxy groups -OCH3 is 1. The number of alkyl halides is 3. The molecule has 212 valence electrons. The van der Waals surface area contributed by atoms with Crippen LogP contribution in [0.15, 0.2) is 102 Å². The number of carboxylic acids is 1. The minimum Gasteiger partial charge on any atom is -0.497 e. The van der Waals surface area contributed by atoms with Crippen LogP contribution in [0.1, 0.15) is 11.4 Å². The lowest BCUT2D eigenvalue weighted by atomic mass is 10.1. The second-order valence-electron chi connectivity index (χ2n) is 8.50. The van der Waals surface area contributed by atoms with Crippen LogP contribution in [0, 0.1) is 0 Å². The minimum atomic E-state index is -5.08. The van der Waals surface area contributed by atoms with Crippen LogP contribution in [-0.2, 0) is 22.2 Å². The van der Waals surface area contributed by atoms with Gasteiger partial charge in [0.1, 0.15) is 34.1 Å². The summed E-state index contributed by atoms with van der Waals surface area (Å²) in [6, 6.07) is 30.6.